The van der Waals surface area contributed by atoms with E-state index in [0.717, 1.165) is 72.5 Å². The highest BCUT2D eigenvalue weighted by molar-refractivity contribution is 6.17. The van der Waals surface area contributed by atoms with Crippen molar-refractivity contribution in [3.63, 3.8) is 0 Å². The van der Waals surface area contributed by atoms with Crippen LogP contribution in [-0.2, 0) is 0 Å². The van der Waals surface area contributed by atoms with Gasteiger partial charge in [-0.3, -0.25) is 0 Å². The Morgan fingerprint density at radius 1 is 0.373 bits per heavy atom. The number of hydrogen-bond acceptors (Lipinski definition) is 1. The Morgan fingerprint density at radius 2 is 0.863 bits per heavy atom. The number of aromatic nitrogens is 2. The fourth-order valence-corrected chi connectivity index (χ4v) is 7.86. The summed E-state index contributed by atoms with van der Waals surface area (Å²) < 4.78 is 0. The van der Waals surface area contributed by atoms with Gasteiger partial charge in [0.2, 0.25) is 0 Å². The van der Waals surface area contributed by atoms with E-state index in [1.54, 1.807) is 0 Å². The third kappa shape index (κ3) is 4.74. The van der Waals surface area contributed by atoms with E-state index in [0.29, 0.717) is 0 Å². The van der Waals surface area contributed by atoms with Gasteiger partial charge in [-0.15, -0.1) is 0 Å². The first kappa shape index (κ1) is 29.1. The van der Waals surface area contributed by atoms with Crippen molar-refractivity contribution in [3.8, 4) is 33.4 Å². The third-order valence-electron chi connectivity index (χ3n) is 10.1. The molecule has 0 aliphatic heterocycles. The van der Waals surface area contributed by atoms with Gasteiger partial charge in [-0.05, 0) is 54.1 Å². The lowest BCUT2D eigenvalue weighted by atomic mass is 9.85. The molecule has 2 N–H and O–H groups in total. The smallest absolute Gasteiger partial charge is 0.0544 e. The van der Waals surface area contributed by atoms with Gasteiger partial charge in [-0.25, -0.2) is 0 Å². The second-order valence-corrected chi connectivity index (χ2v) is 13.0. The molecule has 2 aromatic heterocycles. The quantitative estimate of drug-likeness (QED) is 0.185. The minimum atomic E-state index is 1.05. The van der Waals surface area contributed by atoms with Gasteiger partial charge in [0.05, 0.1) is 16.7 Å². The fraction of sp³-hybridized carbons (Fsp3) is 0. The van der Waals surface area contributed by atoms with E-state index in [1.165, 1.54) is 21.5 Å². The molecule has 0 aliphatic rings. The van der Waals surface area contributed by atoms with Gasteiger partial charge >= 0.3 is 0 Å². The number of benzene rings is 8. The average molecular weight is 651 g/mol. The zero-order valence-corrected chi connectivity index (χ0v) is 27.8. The number of nitrogens with zero attached hydrogens (tertiary/aromatic N) is 1. The highest BCUT2D eigenvalue weighted by Crippen LogP contribution is 2.49. The first-order valence-corrected chi connectivity index (χ1v) is 17.4. The summed E-state index contributed by atoms with van der Waals surface area (Å²) in [6, 6.07) is 68.5. The van der Waals surface area contributed by atoms with E-state index < -0.39 is 0 Å². The lowest BCUT2D eigenvalue weighted by Crippen LogP contribution is -2.11. The minimum Gasteiger partial charge on any atom is -0.354 e. The number of rotatable bonds is 6. The van der Waals surface area contributed by atoms with Gasteiger partial charge in [0.1, 0.15) is 0 Å². The number of fused-ring (bicyclic) bond motifs is 6. The number of nitrogens with one attached hydrogen (secondary N) is 2. The molecule has 0 aliphatic carbocycles. The number of hydrogen-bond donors (Lipinski definition) is 2. The molecule has 10 aromatic rings. The summed E-state index contributed by atoms with van der Waals surface area (Å²) in [6.45, 7) is 0. The minimum absolute atomic E-state index is 1.05. The zero-order valence-electron chi connectivity index (χ0n) is 27.8. The van der Waals surface area contributed by atoms with Crippen molar-refractivity contribution >= 4 is 60.7 Å². The molecule has 239 valence electrons. The third-order valence-corrected chi connectivity index (χ3v) is 10.1. The van der Waals surface area contributed by atoms with Crippen LogP contribution >= 0.6 is 0 Å². The van der Waals surface area contributed by atoms with Crippen molar-refractivity contribution in [3.05, 3.63) is 188 Å². The van der Waals surface area contributed by atoms with Crippen molar-refractivity contribution < 1.29 is 0 Å². The van der Waals surface area contributed by atoms with Gasteiger partial charge in [-0.1, -0.05) is 140 Å². The summed E-state index contributed by atoms with van der Waals surface area (Å²) in [6.07, 6.45) is 0. The summed E-state index contributed by atoms with van der Waals surface area (Å²) >= 11 is 0. The summed E-state index contributed by atoms with van der Waals surface area (Å²) in [7, 11) is 0. The Bertz CT molecular complexity index is 2820. The van der Waals surface area contributed by atoms with Gasteiger partial charge in [-0.2, -0.15) is 0 Å². The first-order valence-electron chi connectivity index (χ1n) is 17.4. The fourth-order valence-electron chi connectivity index (χ4n) is 7.86. The van der Waals surface area contributed by atoms with E-state index in [4.69, 9.17) is 0 Å². The predicted molar refractivity (Wildman–Crippen MR) is 215 cm³/mol. The van der Waals surface area contributed by atoms with Crippen LogP contribution in [0.25, 0.3) is 77.0 Å². The van der Waals surface area contributed by atoms with E-state index in [1.807, 2.05) is 0 Å². The largest absolute Gasteiger partial charge is 0.354 e. The lowest BCUT2D eigenvalue weighted by molar-refractivity contribution is 1.28. The maximum atomic E-state index is 3.82. The summed E-state index contributed by atoms with van der Waals surface area (Å²) in [5, 5.41) is 4.85. The number of anilines is 3. The molecule has 1 radical (unpaired) electrons. The van der Waals surface area contributed by atoms with Crippen molar-refractivity contribution in [2.45, 2.75) is 0 Å². The Labute approximate surface area is 296 Å². The molecule has 0 atom stereocenters. The highest BCUT2D eigenvalue weighted by Gasteiger charge is 2.24. The van der Waals surface area contributed by atoms with Gasteiger partial charge in [0.15, 0.2) is 0 Å². The monoisotopic (exact) mass is 650 g/mol. The Balaban J connectivity index is 1.31. The van der Waals surface area contributed by atoms with Crippen LogP contribution in [0.4, 0.5) is 17.1 Å². The molecule has 0 saturated carbocycles. The normalized spacial score (nSPS) is 11.5. The van der Waals surface area contributed by atoms with E-state index in [9.17, 15) is 0 Å². The first-order chi connectivity index (χ1) is 25.3. The zero-order chi connectivity index (χ0) is 33.7. The van der Waals surface area contributed by atoms with Crippen LogP contribution in [0.15, 0.2) is 182 Å². The van der Waals surface area contributed by atoms with Crippen molar-refractivity contribution in [1.82, 2.24) is 9.97 Å². The Kier molecular flexibility index (Phi) is 6.81. The molecule has 0 amide bonds. The summed E-state index contributed by atoms with van der Waals surface area (Å²) in [4.78, 5) is 9.95. The molecule has 10 rings (SSSR count). The number of H-pyrrole nitrogens is 2. The summed E-state index contributed by atoms with van der Waals surface area (Å²) in [5.74, 6) is 0. The van der Waals surface area contributed by atoms with Crippen LogP contribution in [0.5, 0.6) is 0 Å². The van der Waals surface area contributed by atoms with Crippen LogP contribution in [-0.4, -0.2) is 9.97 Å². The molecule has 3 heteroatoms. The van der Waals surface area contributed by atoms with Gasteiger partial charge in [0, 0.05) is 71.8 Å². The molecule has 2 heterocycles. The SMILES string of the molecule is [c]1ccc(-c2ccccc2N(c2ccccc2)c2ccccc2)c(-c2cccc3c2[nH]c2ccccc23)c1-c1cccc2c1[nH]c1ccccc12. The Hall–Kier alpha value is -6.84. The standard InChI is InChI=1S/C48H32N3/c1-3-16-32(17-4-1)51(33-18-5-2-6-19-33)45-31-12-9-22-36(45)37-23-13-24-38(41-27-14-25-39-34-20-7-10-29-43(34)49-47(39)41)46(37)42-28-15-26-40-35-21-8-11-30-44(35)50-48(40)42/h1-23,25-31,49-50H. The van der Waals surface area contributed by atoms with Gasteiger partial charge < -0.3 is 14.9 Å². The molecular weight excluding hydrogens is 619 g/mol. The Morgan fingerprint density at radius 3 is 1.51 bits per heavy atom. The van der Waals surface area contributed by atoms with Crippen molar-refractivity contribution in [2.24, 2.45) is 0 Å². The molecule has 51 heavy (non-hydrogen) atoms. The predicted octanol–water partition coefficient (Wildman–Crippen LogP) is 13.2. The van der Waals surface area contributed by atoms with E-state index in [2.05, 4.69) is 203 Å². The molecular formula is C48H32N3. The topological polar surface area (TPSA) is 34.8 Å². The molecule has 0 saturated heterocycles. The number of aromatic amines is 2. The molecule has 0 bridgehead atoms. The van der Waals surface area contributed by atoms with E-state index in [-0.39, 0.29) is 0 Å². The maximum absolute atomic E-state index is 3.82. The maximum Gasteiger partial charge on any atom is 0.0544 e. The second kappa shape index (κ2) is 11.9. The molecule has 0 spiro atoms. The molecule has 3 nitrogen and oxygen atoms in total. The van der Waals surface area contributed by atoms with Crippen molar-refractivity contribution in [1.29, 1.82) is 0 Å². The molecule has 0 unspecified atom stereocenters. The van der Waals surface area contributed by atoms with Crippen LogP contribution in [0.1, 0.15) is 0 Å². The molecule has 8 aromatic carbocycles. The average Bonchev–Trinajstić information content (AvgIpc) is 3.78. The van der Waals surface area contributed by atoms with Crippen LogP contribution < -0.4 is 4.90 Å². The van der Waals surface area contributed by atoms with Crippen molar-refractivity contribution in [2.75, 3.05) is 4.90 Å². The lowest BCUT2D eigenvalue weighted by Gasteiger charge is -2.28. The second-order valence-electron chi connectivity index (χ2n) is 13.0. The van der Waals surface area contributed by atoms with E-state index >= 15 is 0 Å². The number of para-hydroxylation sites is 7. The summed E-state index contributed by atoms with van der Waals surface area (Å²) in [5.41, 5.74) is 14.5. The van der Waals surface area contributed by atoms with Crippen LogP contribution in [0.2, 0.25) is 0 Å². The van der Waals surface area contributed by atoms with Crippen LogP contribution in [0.3, 0.4) is 0 Å². The molecule has 0 fully saturated rings. The van der Waals surface area contributed by atoms with Gasteiger partial charge in [0.25, 0.3) is 0 Å². The van der Waals surface area contributed by atoms with Crippen LogP contribution in [0, 0.1) is 6.07 Å². The highest BCUT2D eigenvalue weighted by atomic mass is 15.1.